The molecule has 2 aromatic rings. The molecule has 0 saturated carbocycles. The SMILES string of the molecule is CC[C@H](C)NC(=O)[C@@H](C)N(Cc1cccc(Cl)c1)C(=O)CN(c1ccc(C)c(C)c1)S(C)(=O)=O. The highest BCUT2D eigenvalue weighted by atomic mass is 35.5. The predicted molar refractivity (Wildman–Crippen MR) is 137 cm³/mol. The van der Waals surface area contributed by atoms with Gasteiger partial charge in [-0.25, -0.2) is 8.42 Å². The summed E-state index contributed by atoms with van der Waals surface area (Å²) in [5.41, 5.74) is 3.07. The van der Waals surface area contributed by atoms with Gasteiger partial charge in [-0.05, 0) is 75.1 Å². The number of hydrogen-bond acceptors (Lipinski definition) is 4. The molecule has 0 spiro atoms. The van der Waals surface area contributed by atoms with E-state index in [2.05, 4.69) is 5.32 Å². The van der Waals surface area contributed by atoms with Gasteiger partial charge in [0.1, 0.15) is 12.6 Å². The lowest BCUT2D eigenvalue weighted by Crippen LogP contribution is -2.52. The zero-order chi connectivity index (χ0) is 25.6. The minimum Gasteiger partial charge on any atom is -0.352 e. The molecule has 2 amide bonds. The average Bonchev–Trinajstić information content (AvgIpc) is 2.76. The molecule has 0 bridgehead atoms. The molecule has 0 aliphatic rings. The lowest BCUT2D eigenvalue weighted by atomic mass is 10.1. The normalized spacial score (nSPS) is 13.1. The zero-order valence-electron chi connectivity index (χ0n) is 20.6. The average molecular weight is 508 g/mol. The highest BCUT2D eigenvalue weighted by Crippen LogP contribution is 2.22. The summed E-state index contributed by atoms with van der Waals surface area (Å²) in [6.07, 6.45) is 1.81. The number of anilines is 1. The summed E-state index contributed by atoms with van der Waals surface area (Å²) in [7, 11) is -3.76. The topological polar surface area (TPSA) is 86.8 Å². The van der Waals surface area contributed by atoms with Crippen molar-refractivity contribution in [1.29, 1.82) is 0 Å². The number of benzene rings is 2. The number of aryl methyl sites for hydroxylation is 2. The third-order valence-electron chi connectivity index (χ3n) is 5.87. The molecule has 0 aliphatic carbocycles. The molecule has 0 heterocycles. The Morgan fingerprint density at radius 2 is 1.74 bits per heavy atom. The van der Waals surface area contributed by atoms with Gasteiger partial charge >= 0.3 is 0 Å². The van der Waals surface area contributed by atoms with Crippen LogP contribution in [0.4, 0.5) is 5.69 Å². The van der Waals surface area contributed by atoms with Crippen LogP contribution in [-0.4, -0.2) is 50.0 Å². The van der Waals surface area contributed by atoms with Gasteiger partial charge in [-0.3, -0.25) is 13.9 Å². The van der Waals surface area contributed by atoms with Gasteiger partial charge in [0.2, 0.25) is 21.8 Å². The smallest absolute Gasteiger partial charge is 0.244 e. The Balaban J connectivity index is 2.41. The second-order valence-electron chi connectivity index (χ2n) is 8.68. The van der Waals surface area contributed by atoms with Crippen LogP contribution in [0.3, 0.4) is 0 Å². The summed E-state index contributed by atoms with van der Waals surface area (Å²) in [4.78, 5) is 27.8. The number of carbonyl (C=O) groups excluding carboxylic acids is 2. The zero-order valence-corrected chi connectivity index (χ0v) is 22.2. The Kier molecular flexibility index (Phi) is 9.53. The van der Waals surface area contributed by atoms with E-state index in [0.29, 0.717) is 10.7 Å². The van der Waals surface area contributed by atoms with Crippen molar-refractivity contribution in [3.8, 4) is 0 Å². The minimum absolute atomic E-state index is 0.0545. The number of amides is 2. The van der Waals surface area contributed by atoms with Gasteiger partial charge < -0.3 is 10.2 Å². The monoisotopic (exact) mass is 507 g/mol. The van der Waals surface area contributed by atoms with E-state index in [0.717, 1.165) is 33.7 Å². The Hall–Kier alpha value is -2.58. The summed E-state index contributed by atoms with van der Waals surface area (Å²) >= 11 is 6.12. The second kappa shape index (κ2) is 11.7. The first-order valence-electron chi connectivity index (χ1n) is 11.2. The van der Waals surface area contributed by atoms with Gasteiger partial charge in [-0.1, -0.05) is 36.7 Å². The van der Waals surface area contributed by atoms with E-state index in [1.807, 2.05) is 39.8 Å². The van der Waals surface area contributed by atoms with Gasteiger partial charge in [0, 0.05) is 17.6 Å². The molecule has 0 radical (unpaired) electrons. The summed E-state index contributed by atoms with van der Waals surface area (Å²) < 4.78 is 26.3. The molecule has 34 heavy (non-hydrogen) atoms. The van der Waals surface area contributed by atoms with Gasteiger partial charge in [-0.15, -0.1) is 0 Å². The molecule has 9 heteroatoms. The van der Waals surface area contributed by atoms with Crippen LogP contribution in [0.2, 0.25) is 5.02 Å². The summed E-state index contributed by atoms with van der Waals surface area (Å²) in [6, 6.07) is 11.4. The molecular weight excluding hydrogens is 474 g/mol. The van der Waals surface area contributed by atoms with Crippen molar-refractivity contribution >= 4 is 39.1 Å². The van der Waals surface area contributed by atoms with Crippen LogP contribution in [0.1, 0.15) is 43.9 Å². The number of nitrogens with zero attached hydrogens (tertiary/aromatic N) is 2. The summed E-state index contributed by atoms with van der Waals surface area (Å²) in [5, 5.41) is 3.41. The Morgan fingerprint density at radius 3 is 2.29 bits per heavy atom. The summed E-state index contributed by atoms with van der Waals surface area (Å²) in [6.45, 7) is 8.98. The number of nitrogens with one attached hydrogen (secondary N) is 1. The number of sulfonamides is 1. The van der Waals surface area contributed by atoms with E-state index in [-0.39, 0.29) is 18.5 Å². The van der Waals surface area contributed by atoms with Crippen LogP contribution < -0.4 is 9.62 Å². The van der Waals surface area contributed by atoms with E-state index in [1.54, 1.807) is 37.3 Å². The maximum absolute atomic E-state index is 13.5. The Morgan fingerprint density at radius 1 is 1.06 bits per heavy atom. The minimum atomic E-state index is -3.76. The molecule has 0 aromatic heterocycles. The van der Waals surface area contributed by atoms with Crippen LogP contribution >= 0.6 is 11.6 Å². The fourth-order valence-corrected chi connectivity index (χ4v) is 4.43. The Bertz CT molecular complexity index is 1140. The van der Waals surface area contributed by atoms with Crippen molar-refractivity contribution in [2.45, 2.75) is 59.7 Å². The highest BCUT2D eigenvalue weighted by molar-refractivity contribution is 7.92. The van der Waals surface area contributed by atoms with Gasteiger partial charge in [0.05, 0.1) is 11.9 Å². The van der Waals surface area contributed by atoms with Crippen LogP contribution in [0.25, 0.3) is 0 Å². The molecule has 0 fully saturated rings. The number of halogens is 1. The van der Waals surface area contributed by atoms with Gasteiger partial charge in [0.15, 0.2) is 0 Å². The van der Waals surface area contributed by atoms with Crippen molar-refractivity contribution in [2.75, 3.05) is 17.1 Å². The standard InChI is InChI=1S/C25H34ClN3O4S/c1-7-19(4)27-25(31)20(5)28(15-21-9-8-10-22(26)14-21)24(30)16-29(34(6,32)33)23-12-11-17(2)18(3)13-23/h8-14,19-20H,7,15-16H2,1-6H3,(H,27,31)/t19-,20+/m0/s1. The lowest BCUT2D eigenvalue weighted by molar-refractivity contribution is -0.139. The van der Waals surface area contributed by atoms with Crippen LogP contribution in [0.15, 0.2) is 42.5 Å². The molecular formula is C25H34ClN3O4S. The highest BCUT2D eigenvalue weighted by Gasteiger charge is 2.30. The molecule has 0 saturated heterocycles. The van der Waals surface area contributed by atoms with E-state index in [4.69, 9.17) is 11.6 Å². The molecule has 2 aromatic carbocycles. The van der Waals surface area contributed by atoms with Gasteiger partial charge in [-0.2, -0.15) is 0 Å². The molecule has 7 nitrogen and oxygen atoms in total. The Labute approximate surface area is 208 Å². The van der Waals surface area contributed by atoms with Crippen molar-refractivity contribution in [1.82, 2.24) is 10.2 Å². The first-order chi connectivity index (χ1) is 15.8. The van der Waals surface area contributed by atoms with Gasteiger partial charge in [0.25, 0.3) is 0 Å². The molecule has 0 aliphatic heterocycles. The first kappa shape index (κ1) is 27.7. The number of carbonyl (C=O) groups is 2. The van der Waals surface area contributed by atoms with Crippen molar-refractivity contribution in [2.24, 2.45) is 0 Å². The van der Waals surface area contributed by atoms with E-state index < -0.39 is 28.5 Å². The van der Waals surface area contributed by atoms with Crippen molar-refractivity contribution in [3.63, 3.8) is 0 Å². The number of hydrogen-bond donors (Lipinski definition) is 1. The maximum Gasteiger partial charge on any atom is 0.244 e. The fourth-order valence-electron chi connectivity index (χ4n) is 3.37. The number of rotatable bonds is 10. The van der Waals surface area contributed by atoms with Crippen molar-refractivity contribution < 1.29 is 18.0 Å². The first-order valence-corrected chi connectivity index (χ1v) is 13.4. The molecule has 2 rings (SSSR count). The van der Waals surface area contributed by atoms with Crippen molar-refractivity contribution in [3.05, 3.63) is 64.2 Å². The molecule has 186 valence electrons. The maximum atomic E-state index is 13.5. The van der Waals surface area contributed by atoms with Crippen LogP contribution in [0, 0.1) is 13.8 Å². The summed E-state index contributed by atoms with van der Waals surface area (Å²) in [5.74, 6) is -0.794. The predicted octanol–water partition coefficient (Wildman–Crippen LogP) is 4.05. The van der Waals surface area contributed by atoms with Crippen LogP contribution in [-0.2, 0) is 26.2 Å². The molecule has 1 N–H and O–H groups in total. The van der Waals surface area contributed by atoms with E-state index in [1.165, 1.54) is 4.90 Å². The van der Waals surface area contributed by atoms with E-state index in [9.17, 15) is 18.0 Å². The fraction of sp³-hybridized carbons (Fsp3) is 0.440. The molecule has 0 unspecified atom stereocenters. The van der Waals surface area contributed by atoms with Crippen LogP contribution in [0.5, 0.6) is 0 Å². The third-order valence-corrected chi connectivity index (χ3v) is 7.24. The lowest BCUT2D eigenvalue weighted by Gasteiger charge is -2.32. The third kappa shape index (κ3) is 7.46. The molecule has 2 atom stereocenters. The largest absolute Gasteiger partial charge is 0.352 e. The second-order valence-corrected chi connectivity index (χ2v) is 11.0. The quantitative estimate of drug-likeness (QED) is 0.525. The van der Waals surface area contributed by atoms with E-state index >= 15 is 0 Å².